The molecule has 0 spiro atoms. The highest BCUT2D eigenvalue weighted by atomic mass is 28.4. The summed E-state index contributed by atoms with van der Waals surface area (Å²) in [5.41, 5.74) is 0.112. The van der Waals surface area contributed by atoms with Gasteiger partial charge in [-0.1, -0.05) is 34.6 Å². The van der Waals surface area contributed by atoms with Crippen LogP contribution in [0.3, 0.4) is 0 Å². The van der Waals surface area contributed by atoms with Gasteiger partial charge in [0.05, 0.1) is 18.8 Å². The van der Waals surface area contributed by atoms with Gasteiger partial charge in [-0.05, 0) is 74.9 Å². The Bertz CT molecular complexity index is 518. The molecule has 3 atom stereocenters. The molecule has 2 fully saturated rings. The Morgan fingerprint density at radius 2 is 1.74 bits per heavy atom. The van der Waals surface area contributed by atoms with Crippen LogP contribution in [0.15, 0.2) is 0 Å². The largest absolute Gasteiger partial charge is 0.410 e. The SMILES string of the molecule is CCC(CC)(COCC(C)(C)[C@H]1CC[C@H]2C(=O)CCC[C@]12C)O[Si](C)(C)C. The molecule has 2 aliphatic carbocycles. The molecule has 0 bridgehead atoms. The molecule has 158 valence electrons. The number of rotatable bonds is 9. The molecule has 0 unspecified atom stereocenters. The first-order valence-electron chi connectivity index (χ1n) is 11.2. The summed E-state index contributed by atoms with van der Waals surface area (Å²) in [6.07, 6.45) is 7.30. The van der Waals surface area contributed by atoms with Crippen LogP contribution in [0.5, 0.6) is 0 Å². The van der Waals surface area contributed by atoms with Crippen LogP contribution in [0.4, 0.5) is 0 Å². The molecule has 0 amide bonds. The minimum atomic E-state index is -1.62. The standard InChI is InChI=1S/C23H44O3Si/c1-9-23(10-2,26-27(6,7)8)17-25-16-21(3,4)20-14-13-18-19(24)12-11-15-22(18,20)5/h18,20H,9-17H2,1-8H3/t18-,20+,22-/m0/s1. The lowest BCUT2D eigenvalue weighted by molar-refractivity contribution is -0.132. The van der Waals surface area contributed by atoms with Gasteiger partial charge in [0.2, 0.25) is 0 Å². The minimum absolute atomic E-state index is 0.0908. The summed E-state index contributed by atoms with van der Waals surface area (Å²) in [6.45, 7) is 19.7. The van der Waals surface area contributed by atoms with Gasteiger partial charge in [0.1, 0.15) is 5.78 Å². The van der Waals surface area contributed by atoms with Gasteiger partial charge in [-0.25, -0.2) is 0 Å². The van der Waals surface area contributed by atoms with Crippen molar-refractivity contribution in [2.75, 3.05) is 13.2 Å². The van der Waals surface area contributed by atoms with E-state index in [-0.39, 0.29) is 22.3 Å². The summed E-state index contributed by atoms with van der Waals surface area (Å²) in [6, 6.07) is 0. The van der Waals surface area contributed by atoms with Gasteiger partial charge in [-0.3, -0.25) is 4.79 Å². The summed E-state index contributed by atoms with van der Waals surface area (Å²) in [5, 5.41) is 0. The molecular weight excluding hydrogens is 352 g/mol. The average molecular weight is 397 g/mol. The minimum Gasteiger partial charge on any atom is -0.410 e. The van der Waals surface area contributed by atoms with Gasteiger partial charge in [0.25, 0.3) is 0 Å². The molecular formula is C23H44O3Si. The van der Waals surface area contributed by atoms with Crippen molar-refractivity contribution in [1.29, 1.82) is 0 Å². The fourth-order valence-corrected chi connectivity index (χ4v) is 7.74. The maximum absolute atomic E-state index is 12.5. The van der Waals surface area contributed by atoms with Crippen molar-refractivity contribution in [3.63, 3.8) is 0 Å². The zero-order valence-corrected chi connectivity index (χ0v) is 20.2. The Hall–Kier alpha value is -0.193. The van der Waals surface area contributed by atoms with Crippen LogP contribution >= 0.6 is 0 Å². The Balaban J connectivity index is 2.03. The van der Waals surface area contributed by atoms with E-state index in [2.05, 4.69) is 54.3 Å². The fraction of sp³-hybridized carbons (Fsp3) is 0.957. The van der Waals surface area contributed by atoms with Gasteiger partial charge in [-0.2, -0.15) is 0 Å². The fourth-order valence-electron chi connectivity index (χ4n) is 6.09. The van der Waals surface area contributed by atoms with E-state index in [0.29, 0.717) is 18.3 Å². The number of carbonyl (C=O) groups excluding carboxylic acids is 1. The summed E-state index contributed by atoms with van der Waals surface area (Å²) in [5.74, 6) is 1.37. The van der Waals surface area contributed by atoms with Crippen molar-refractivity contribution in [1.82, 2.24) is 0 Å². The highest BCUT2D eigenvalue weighted by Crippen LogP contribution is 2.59. The van der Waals surface area contributed by atoms with E-state index in [0.717, 1.165) is 38.7 Å². The maximum atomic E-state index is 12.5. The molecule has 0 aromatic rings. The monoisotopic (exact) mass is 396 g/mol. The highest BCUT2D eigenvalue weighted by Gasteiger charge is 2.55. The molecule has 0 saturated heterocycles. The second kappa shape index (κ2) is 8.28. The second-order valence-corrected chi connectivity index (χ2v) is 15.5. The molecule has 0 heterocycles. The Morgan fingerprint density at radius 3 is 2.30 bits per heavy atom. The van der Waals surface area contributed by atoms with Crippen LogP contribution in [-0.4, -0.2) is 32.9 Å². The zero-order valence-electron chi connectivity index (χ0n) is 19.2. The van der Waals surface area contributed by atoms with Crippen molar-refractivity contribution >= 4 is 14.1 Å². The van der Waals surface area contributed by atoms with E-state index in [4.69, 9.17) is 9.16 Å². The van der Waals surface area contributed by atoms with Crippen LogP contribution in [0, 0.1) is 22.7 Å². The third-order valence-electron chi connectivity index (χ3n) is 7.46. The number of ether oxygens (including phenoxy) is 1. The van der Waals surface area contributed by atoms with Crippen molar-refractivity contribution < 1.29 is 14.0 Å². The molecule has 2 aliphatic rings. The van der Waals surface area contributed by atoms with E-state index >= 15 is 0 Å². The lowest BCUT2D eigenvalue weighted by atomic mass is 9.58. The van der Waals surface area contributed by atoms with Crippen molar-refractivity contribution in [3.8, 4) is 0 Å². The number of hydrogen-bond donors (Lipinski definition) is 0. The van der Waals surface area contributed by atoms with Crippen LogP contribution in [0.25, 0.3) is 0 Å². The van der Waals surface area contributed by atoms with E-state index in [9.17, 15) is 4.79 Å². The Morgan fingerprint density at radius 1 is 1.11 bits per heavy atom. The first-order valence-corrected chi connectivity index (χ1v) is 14.6. The maximum Gasteiger partial charge on any atom is 0.184 e. The molecule has 0 N–H and O–H groups in total. The lowest BCUT2D eigenvalue weighted by Gasteiger charge is -2.47. The number of carbonyl (C=O) groups is 1. The van der Waals surface area contributed by atoms with Crippen molar-refractivity contribution in [3.05, 3.63) is 0 Å². The van der Waals surface area contributed by atoms with E-state index < -0.39 is 8.32 Å². The molecule has 0 aromatic carbocycles. The number of Topliss-reactive ketones (excluding diaryl/α,β-unsaturated/α-hetero) is 1. The molecule has 27 heavy (non-hydrogen) atoms. The van der Waals surface area contributed by atoms with Gasteiger partial charge in [-0.15, -0.1) is 0 Å². The predicted molar refractivity (Wildman–Crippen MR) is 116 cm³/mol. The van der Waals surface area contributed by atoms with Gasteiger partial charge >= 0.3 is 0 Å². The zero-order chi connectivity index (χ0) is 20.5. The van der Waals surface area contributed by atoms with E-state index in [1.165, 1.54) is 12.8 Å². The molecule has 2 saturated carbocycles. The smallest absolute Gasteiger partial charge is 0.184 e. The predicted octanol–water partition coefficient (Wildman–Crippen LogP) is 6.23. The molecule has 0 aromatic heterocycles. The van der Waals surface area contributed by atoms with E-state index in [1.54, 1.807) is 0 Å². The van der Waals surface area contributed by atoms with E-state index in [1.807, 2.05) is 0 Å². The van der Waals surface area contributed by atoms with Crippen LogP contribution < -0.4 is 0 Å². The molecule has 0 radical (unpaired) electrons. The third-order valence-corrected chi connectivity index (χ3v) is 8.50. The number of hydrogen-bond acceptors (Lipinski definition) is 3. The lowest BCUT2D eigenvalue weighted by Crippen LogP contribution is -2.47. The summed E-state index contributed by atoms with van der Waals surface area (Å²) in [7, 11) is -1.62. The third kappa shape index (κ3) is 5.05. The quantitative estimate of drug-likeness (QED) is 0.434. The normalized spacial score (nSPS) is 29.9. The summed E-state index contributed by atoms with van der Waals surface area (Å²) in [4.78, 5) is 12.5. The molecule has 2 rings (SSSR count). The second-order valence-electron chi connectivity index (χ2n) is 11.1. The molecule has 3 nitrogen and oxygen atoms in total. The molecule has 0 aliphatic heterocycles. The van der Waals surface area contributed by atoms with Crippen molar-refractivity contribution in [2.45, 2.75) is 105 Å². The van der Waals surface area contributed by atoms with Crippen LogP contribution in [0.2, 0.25) is 19.6 Å². The topological polar surface area (TPSA) is 35.5 Å². The molecule has 4 heteroatoms. The van der Waals surface area contributed by atoms with Gasteiger partial charge < -0.3 is 9.16 Å². The Kier molecular flexibility index (Phi) is 7.08. The summed E-state index contributed by atoms with van der Waals surface area (Å²) < 4.78 is 12.9. The highest BCUT2D eigenvalue weighted by molar-refractivity contribution is 6.69. The van der Waals surface area contributed by atoms with Crippen LogP contribution in [-0.2, 0) is 14.0 Å². The number of fused-ring (bicyclic) bond motifs is 1. The number of ketones is 1. The first kappa shape index (κ1) is 23.1. The van der Waals surface area contributed by atoms with Crippen molar-refractivity contribution in [2.24, 2.45) is 22.7 Å². The average Bonchev–Trinajstić information content (AvgIpc) is 2.92. The summed E-state index contributed by atoms with van der Waals surface area (Å²) >= 11 is 0. The first-order chi connectivity index (χ1) is 12.4. The van der Waals surface area contributed by atoms with Gasteiger partial charge in [0, 0.05) is 12.3 Å². The van der Waals surface area contributed by atoms with Crippen LogP contribution in [0.1, 0.15) is 79.6 Å². The van der Waals surface area contributed by atoms with Gasteiger partial charge in [0.15, 0.2) is 8.32 Å². The Labute approximate surface area is 169 Å².